The van der Waals surface area contributed by atoms with Crippen LogP contribution in [0, 0.1) is 0 Å². The maximum Gasteiger partial charge on any atom is 0.317 e. The Hall–Kier alpha value is -3.12. The lowest BCUT2D eigenvalue weighted by Gasteiger charge is -2.33. The zero-order chi connectivity index (χ0) is 19.9. The summed E-state index contributed by atoms with van der Waals surface area (Å²) < 4.78 is 7.69. The molecule has 1 aromatic heterocycles. The van der Waals surface area contributed by atoms with Crippen molar-refractivity contribution in [2.24, 2.45) is 0 Å². The van der Waals surface area contributed by atoms with Crippen molar-refractivity contribution in [2.45, 2.75) is 25.5 Å². The first kappa shape index (κ1) is 19.2. The monoisotopic (exact) mass is 390 g/mol. The second-order valence-electron chi connectivity index (χ2n) is 7.20. The van der Waals surface area contributed by atoms with Gasteiger partial charge in [0.15, 0.2) is 0 Å². The summed E-state index contributed by atoms with van der Waals surface area (Å²) in [5, 5.41) is 7.35. The molecule has 2 heterocycles. The van der Waals surface area contributed by atoms with Gasteiger partial charge in [-0.1, -0.05) is 48.5 Å². The van der Waals surface area contributed by atoms with Crippen LogP contribution in [0.5, 0.6) is 0 Å². The van der Waals surface area contributed by atoms with Crippen molar-refractivity contribution >= 4 is 6.03 Å². The average molecular weight is 390 g/mol. The second-order valence-corrected chi connectivity index (χ2v) is 7.20. The quantitative estimate of drug-likeness (QED) is 0.702. The fraction of sp³-hybridized carbons (Fsp3) is 0.304. The Balaban J connectivity index is 1.31. The smallest absolute Gasteiger partial charge is 0.317 e. The molecule has 2 aromatic carbocycles. The van der Waals surface area contributed by atoms with E-state index in [-0.39, 0.29) is 12.1 Å². The molecule has 150 valence electrons. The molecule has 1 fully saturated rings. The molecular formula is C23H26N4O2. The van der Waals surface area contributed by atoms with E-state index in [0.29, 0.717) is 26.2 Å². The highest BCUT2D eigenvalue weighted by Crippen LogP contribution is 2.15. The van der Waals surface area contributed by atoms with Gasteiger partial charge in [0.2, 0.25) is 0 Å². The lowest BCUT2D eigenvalue weighted by atomic mass is 10.1. The molecule has 4 rings (SSSR count). The molecule has 6 nitrogen and oxygen atoms in total. The van der Waals surface area contributed by atoms with Crippen molar-refractivity contribution in [3.63, 3.8) is 0 Å². The van der Waals surface area contributed by atoms with Crippen LogP contribution in [0.1, 0.15) is 17.5 Å². The van der Waals surface area contributed by atoms with Gasteiger partial charge < -0.3 is 15.0 Å². The third-order valence-corrected chi connectivity index (χ3v) is 5.20. The van der Waals surface area contributed by atoms with Gasteiger partial charge in [-0.15, -0.1) is 0 Å². The van der Waals surface area contributed by atoms with Crippen LogP contribution in [-0.4, -0.2) is 46.5 Å². The minimum absolute atomic E-state index is 0.0479. The summed E-state index contributed by atoms with van der Waals surface area (Å²) in [7, 11) is 0. The molecule has 0 radical (unpaired) electrons. The third kappa shape index (κ3) is 5.03. The normalized spacial score (nSPS) is 16.6. The van der Waals surface area contributed by atoms with Crippen molar-refractivity contribution in [1.82, 2.24) is 20.0 Å². The van der Waals surface area contributed by atoms with Crippen LogP contribution in [0.3, 0.4) is 0 Å². The second kappa shape index (κ2) is 9.39. The maximum atomic E-state index is 12.7. The molecule has 1 aliphatic heterocycles. The van der Waals surface area contributed by atoms with Crippen molar-refractivity contribution < 1.29 is 9.53 Å². The highest BCUT2D eigenvalue weighted by Gasteiger charge is 2.24. The summed E-state index contributed by atoms with van der Waals surface area (Å²) in [4.78, 5) is 14.6. The van der Waals surface area contributed by atoms with E-state index in [1.54, 1.807) is 6.20 Å². The lowest BCUT2D eigenvalue weighted by molar-refractivity contribution is -0.0176. The molecule has 1 N–H and O–H groups in total. The molecule has 0 aliphatic carbocycles. The van der Waals surface area contributed by atoms with Crippen molar-refractivity contribution in [3.8, 4) is 5.69 Å². The number of hydrogen-bond donors (Lipinski definition) is 1. The molecule has 1 unspecified atom stereocenters. The molecule has 6 heteroatoms. The van der Waals surface area contributed by atoms with Crippen LogP contribution in [0.15, 0.2) is 73.1 Å². The lowest BCUT2D eigenvalue weighted by Crippen LogP contribution is -2.49. The van der Waals surface area contributed by atoms with Crippen LogP contribution in [0.2, 0.25) is 0 Å². The molecular weight excluding hydrogens is 364 g/mol. The predicted molar refractivity (Wildman–Crippen MR) is 112 cm³/mol. The van der Waals surface area contributed by atoms with Gasteiger partial charge in [-0.3, -0.25) is 0 Å². The van der Waals surface area contributed by atoms with E-state index in [9.17, 15) is 4.79 Å². The molecule has 1 atom stereocenters. The van der Waals surface area contributed by atoms with E-state index in [2.05, 4.69) is 34.7 Å². The Morgan fingerprint density at radius 3 is 2.76 bits per heavy atom. The minimum Gasteiger partial charge on any atom is -0.375 e. The van der Waals surface area contributed by atoms with Crippen LogP contribution in [0.25, 0.3) is 5.69 Å². The maximum absolute atomic E-state index is 12.7. The summed E-state index contributed by atoms with van der Waals surface area (Å²) in [5.41, 5.74) is 3.30. The van der Waals surface area contributed by atoms with E-state index in [4.69, 9.17) is 4.74 Å². The van der Waals surface area contributed by atoms with Gasteiger partial charge in [-0.25, -0.2) is 9.48 Å². The number of aromatic nitrogens is 2. The molecule has 0 saturated carbocycles. The van der Waals surface area contributed by atoms with Gasteiger partial charge >= 0.3 is 6.03 Å². The van der Waals surface area contributed by atoms with Crippen LogP contribution < -0.4 is 5.32 Å². The number of hydrogen-bond acceptors (Lipinski definition) is 3. The summed E-state index contributed by atoms with van der Waals surface area (Å²) in [6.45, 7) is 2.28. The number of morpholine rings is 1. The van der Waals surface area contributed by atoms with E-state index in [0.717, 1.165) is 24.1 Å². The molecule has 0 spiro atoms. The zero-order valence-corrected chi connectivity index (χ0v) is 16.4. The van der Waals surface area contributed by atoms with Gasteiger partial charge in [-0.05, 0) is 36.1 Å². The average Bonchev–Trinajstić information content (AvgIpc) is 3.32. The number of benzene rings is 2. The molecule has 0 bridgehead atoms. The number of para-hydroxylation sites is 1. The van der Waals surface area contributed by atoms with Crippen molar-refractivity contribution in [1.29, 1.82) is 0 Å². The number of nitrogens with one attached hydrogen (secondary N) is 1. The number of carbonyl (C=O) groups excluding carboxylic acids is 1. The Labute approximate surface area is 171 Å². The summed E-state index contributed by atoms with van der Waals surface area (Å²) >= 11 is 0. The number of aryl methyl sites for hydroxylation is 1. The SMILES string of the molecule is O=C(NCc1ccccc1-n1cccn1)N1CCOC(CCc2ccccc2)C1. The third-order valence-electron chi connectivity index (χ3n) is 5.20. The molecule has 3 aromatic rings. The zero-order valence-electron chi connectivity index (χ0n) is 16.4. The number of rotatable bonds is 6. The fourth-order valence-electron chi connectivity index (χ4n) is 3.63. The van der Waals surface area contributed by atoms with Gasteiger partial charge in [0, 0.05) is 32.0 Å². The van der Waals surface area contributed by atoms with E-state index >= 15 is 0 Å². The van der Waals surface area contributed by atoms with Crippen LogP contribution >= 0.6 is 0 Å². The Morgan fingerprint density at radius 1 is 1.10 bits per heavy atom. The van der Waals surface area contributed by atoms with Gasteiger partial charge in [0.25, 0.3) is 0 Å². The number of carbonyl (C=O) groups is 1. The van der Waals surface area contributed by atoms with E-state index in [1.165, 1.54) is 5.56 Å². The Morgan fingerprint density at radius 2 is 1.93 bits per heavy atom. The Bertz CT molecular complexity index is 912. The number of amides is 2. The molecule has 29 heavy (non-hydrogen) atoms. The number of urea groups is 1. The number of ether oxygens (including phenoxy) is 1. The summed E-state index contributed by atoms with van der Waals surface area (Å²) in [6, 6.07) is 20.2. The van der Waals surface area contributed by atoms with Gasteiger partial charge in [-0.2, -0.15) is 5.10 Å². The van der Waals surface area contributed by atoms with Gasteiger partial charge in [0.1, 0.15) is 0 Å². The standard InChI is InChI=1S/C23H26N4O2/c28-23(24-17-20-9-4-5-10-22(20)27-14-6-13-25-27)26-15-16-29-21(18-26)12-11-19-7-2-1-3-8-19/h1-10,13-14,21H,11-12,15-18H2,(H,24,28). The van der Waals surface area contributed by atoms with Crippen LogP contribution in [0.4, 0.5) is 4.79 Å². The molecule has 1 saturated heterocycles. The minimum atomic E-state index is -0.0479. The predicted octanol–water partition coefficient (Wildman–Crippen LogP) is 3.42. The first-order valence-electron chi connectivity index (χ1n) is 10.1. The van der Waals surface area contributed by atoms with Crippen molar-refractivity contribution in [2.75, 3.05) is 19.7 Å². The molecule has 1 aliphatic rings. The fourth-order valence-corrected chi connectivity index (χ4v) is 3.63. The first-order valence-corrected chi connectivity index (χ1v) is 10.1. The topological polar surface area (TPSA) is 59.4 Å². The highest BCUT2D eigenvalue weighted by molar-refractivity contribution is 5.74. The molecule has 2 amide bonds. The Kier molecular flexibility index (Phi) is 6.22. The van der Waals surface area contributed by atoms with Crippen LogP contribution in [-0.2, 0) is 17.7 Å². The number of nitrogens with zero attached hydrogens (tertiary/aromatic N) is 3. The summed E-state index contributed by atoms with van der Waals surface area (Å²) in [6.07, 6.45) is 5.60. The van der Waals surface area contributed by atoms with Crippen molar-refractivity contribution in [3.05, 3.63) is 84.2 Å². The van der Waals surface area contributed by atoms with E-state index < -0.39 is 0 Å². The van der Waals surface area contributed by atoms with E-state index in [1.807, 2.05) is 52.2 Å². The highest BCUT2D eigenvalue weighted by atomic mass is 16.5. The largest absolute Gasteiger partial charge is 0.375 e. The first-order chi connectivity index (χ1) is 14.3. The van der Waals surface area contributed by atoms with Gasteiger partial charge in [0.05, 0.1) is 18.4 Å². The summed E-state index contributed by atoms with van der Waals surface area (Å²) in [5.74, 6) is 0.